The van der Waals surface area contributed by atoms with E-state index >= 15 is 0 Å². The first-order valence-corrected chi connectivity index (χ1v) is 6.61. The molecule has 2 aromatic carbocycles. The molecular formula is C17H19FO. The Morgan fingerprint density at radius 1 is 1.05 bits per heavy atom. The summed E-state index contributed by atoms with van der Waals surface area (Å²) in [4.78, 5) is 0. The summed E-state index contributed by atoms with van der Waals surface area (Å²) in [6, 6.07) is 14.8. The van der Waals surface area contributed by atoms with Gasteiger partial charge in [0.1, 0.15) is 5.82 Å². The van der Waals surface area contributed by atoms with Crippen molar-refractivity contribution in [1.29, 1.82) is 0 Å². The van der Waals surface area contributed by atoms with Gasteiger partial charge in [-0.15, -0.1) is 0 Å². The lowest BCUT2D eigenvalue weighted by atomic mass is 10.0. The van der Waals surface area contributed by atoms with Gasteiger partial charge in [-0.2, -0.15) is 0 Å². The molecular weight excluding hydrogens is 239 g/mol. The molecule has 0 aliphatic rings. The Hall–Kier alpha value is -1.67. The molecule has 1 N–H and O–H groups in total. The van der Waals surface area contributed by atoms with E-state index in [2.05, 4.69) is 31.2 Å². The average molecular weight is 258 g/mol. The molecule has 0 saturated heterocycles. The number of benzene rings is 2. The van der Waals surface area contributed by atoms with Crippen LogP contribution < -0.4 is 0 Å². The molecule has 1 nitrogen and oxygen atoms in total. The number of hydrogen-bond acceptors (Lipinski definition) is 1. The molecule has 1 unspecified atom stereocenters. The summed E-state index contributed by atoms with van der Waals surface area (Å²) in [5, 5.41) is 9.99. The van der Waals surface area contributed by atoms with Crippen LogP contribution in [0.3, 0.4) is 0 Å². The standard InChI is InChI=1S/C17H19FO/c1-13-5-7-14(8-6-13)9-10-17(19)12-15-3-2-4-16(18)11-15/h2-8,11,17,19H,9-10,12H2,1H3. The third-order valence-electron chi connectivity index (χ3n) is 3.25. The molecule has 2 rings (SSSR count). The molecule has 0 aliphatic carbocycles. The summed E-state index contributed by atoms with van der Waals surface area (Å²) in [6.07, 6.45) is 1.61. The lowest BCUT2D eigenvalue weighted by Gasteiger charge is -2.11. The Bertz CT molecular complexity index is 519. The molecule has 2 heteroatoms. The zero-order chi connectivity index (χ0) is 13.7. The maximum atomic E-state index is 13.0. The highest BCUT2D eigenvalue weighted by Gasteiger charge is 2.06. The normalized spacial score (nSPS) is 12.4. The number of halogens is 1. The van der Waals surface area contributed by atoms with E-state index < -0.39 is 6.10 Å². The van der Waals surface area contributed by atoms with Crippen LogP contribution in [0, 0.1) is 12.7 Å². The number of aliphatic hydroxyl groups is 1. The fourth-order valence-electron chi connectivity index (χ4n) is 2.13. The van der Waals surface area contributed by atoms with Gasteiger partial charge in [-0.3, -0.25) is 0 Å². The summed E-state index contributed by atoms with van der Waals surface area (Å²) in [7, 11) is 0. The van der Waals surface area contributed by atoms with Crippen molar-refractivity contribution in [1.82, 2.24) is 0 Å². The first kappa shape index (κ1) is 13.8. The molecule has 0 spiro atoms. The van der Waals surface area contributed by atoms with Gasteiger partial charge in [0.15, 0.2) is 0 Å². The summed E-state index contributed by atoms with van der Waals surface area (Å²) in [5.74, 6) is -0.247. The average Bonchev–Trinajstić information content (AvgIpc) is 2.38. The van der Waals surface area contributed by atoms with Crippen molar-refractivity contribution in [2.45, 2.75) is 32.3 Å². The number of hydrogen-bond donors (Lipinski definition) is 1. The summed E-state index contributed by atoms with van der Waals surface area (Å²) in [5.41, 5.74) is 3.31. The van der Waals surface area contributed by atoms with Crippen molar-refractivity contribution >= 4 is 0 Å². The lowest BCUT2D eigenvalue weighted by molar-refractivity contribution is 0.165. The second-order valence-corrected chi connectivity index (χ2v) is 5.01. The molecule has 19 heavy (non-hydrogen) atoms. The van der Waals surface area contributed by atoms with Crippen LogP contribution in [0.4, 0.5) is 4.39 Å². The number of rotatable bonds is 5. The van der Waals surface area contributed by atoms with Gasteiger partial charge < -0.3 is 5.11 Å². The second kappa shape index (κ2) is 6.48. The highest BCUT2D eigenvalue weighted by atomic mass is 19.1. The van der Waals surface area contributed by atoms with Crippen molar-refractivity contribution in [3.8, 4) is 0 Å². The van der Waals surface area contributed by atoms with Crippen molar-refractivity contribution in [3.63, 3.8) is 0 Å². The number of aryl methyl sites for hydroxylation is 2. The molecule has 0 aliphatic heterocycles. The van der Waals surface area contributed by atoms with Crippen LogP contribution in [0.25, 0.3) is 0 Å². The molecule has 0 amide bonds. The molecule has 1 atom stereocenters. The largest absolute Gasteiger partial charge is 0.393 e. The van der Waals surface area contributed by atoms with Crippen LogP contribution in [0.1, 0.15) is 23.1 Å². The predicted octanol–water partition coefficient (Wildman–Crippen LogP) is 3.67. The molecule has 100 valence electrons. The summed E-state index contributed by atoms with van der Waals surface area (Å²) >= 11 is 0. The van der Waals surface area contributed by atoms with Gasteiger partial charge in [-0.05, 0) is 49.4 Å². The maximum Gasteiger partial charge on any atom is 0.123 e. The van der Waals surface area contributed by atoms with E-state index in [1.165, 1.54) is 23.3 Å². The molecule has 2 aromatic rings. The molecule has 0 saturated carbocycles. The van der Waals surface area contributed by atoms with Gasteiger partial charge >= 0.3 is 0 Å². The molecule has 0 aromatic heterocycles. The first-order chi connectivity index (χ1) is 9.13. The third-order valence-corrected chi connectivity index (χ3v) is 3.25. The van der Waals surface area contributed by atoms with Crippen LogP contribution in [0.15, 0.2) is 48.5 Å². The second-order valence-electron chi connectivity index (χ2n) is 5.01. The zero-order valence-corrected chi connectivity index (χ0v) is 11.1. The van der Waals surface area contributed by atoms with Crippen LogP contribution in [-0.4, -0.2) is 11.2 Å². The molecule has 0 radical (unpaired) electrons. The Labute approximate surface area is 113 Å². The van der Waals surface area contributed by atoms with Gasteiger partial charge in [0.2, 0.25) is 0 Å². The Balaban J connectivity index is 1.84. The fraction of sp³-hybridized carbons (Fsp3) is 0.294. The molecule has 0 heterocycles. The summed E-state index contributed by atoms with van der Waals surface area (Å²) < 4.78 is 13.0. The Morgan fingerprint density at radius 3 is 2.47 bits per heavy atom. The first-order valence-electron chi connectivity index (χ1n) is 6.61. The quantitative estimate of drug-likeness (QED) is 0.867. The highest BCUT2D eigenvalue weighted by molar-refractivity contribution is 5.21. The van der Waals surface area contributed by atoms with E-state index in [0.717, 1.165) is 12.0 Å². The van der Waals surface area contributed by atoms with Gasteiger partial charge in [0.25, 0.3) is 0 Å². The van der Waals surface area contributed by atoms with Crippen molar-refractivity contribution in [3.05, 3.63) is 71.0 Å². The van der Waals surface area contributed by atoms with Crippen molar-refractivity contribution in [2.24, 2.45) is 0 Å². The van der Waals surface area contributed by atoms with Crippen LogP contribution >= 0.6 is 0 Å². The highest BCUT2D eigenvalue weighted by Crippen LogP contribution is 2.12. The fourth-order valence-corrected chi connectivity index (χ4v) is 2.13. The van der Waals surface area contributed by atoms with Gasteiger partial charge in [0, 0.05) is 0 Å². The molecule has 0 fully saturated rings. The summed E-state index contributed by atoms with van der Waals surface area (Å²) in [6.45, 7) is 2.06. The van der Waals surface area contributed by atoms with Gasteiger partial charge in [0.05, 0.1) is 6.10 Å². The van der Waals surface area contributed by atoms with Crippen molar-refractivity contribution < 1.29 is 9.50 Å². The van der Waals surface area contributed by atoms with Gasteiger partial charge in [-0.25, -0.2) is 4.39 Å². The molecule has 0 bridgehead atoms. The van der Waals surface area contributed by atoms with E-state index in [1.54, 1.807) is 6.07 Å². The van der Waals surface area contributed by atoms with Gasteiger partial charge in [-0.1, -0.05) is 42.0 Å². The lowest BCUT2D eigenvalue weighted by Crippen LogP contribution is -2.11. The predicted molar refractivity (Wildman–Crippen MR) is 75.6 cm³/mol. The number of aliphatic hydroxyl groups excluding tert-OH is 1. The van der Waals surface area contributed by atoms with E-state index in [0.29, 0.717) is 12.8 Å². The minimum absolute atomic E-state index is 0.247. The Kier molecular flexibility index (Phi) is 4.69. The van der Waals surface area contributed by atoms with Crippen LogP contribution in [-0.2, 0) is 12.8 Å². The maximum absolute atomic E-state index is 13.0. The smallest absolute Gasteiger partial charge is 0.123 e. The SMILES string of the molecule is Cc1ccc(CCC(O)Cc2cccc(F)c2)cc1. The minimum Gasteiger partial charge on any atom is -0.393 e. The van der Waals surface area contributed by atoms with E-state index in [1.807, 2.05) is 6.07 Å². The van der Waals surface area contributed by atoms with E-state index in [-0.39, 0.29) is 5.82 Å². The van der Waals surface area contributed by atoms with E-state index in [4.69, 9.17) is 0 Å². The minimum atomic E-state index is -0.428. The topological polar surface area (TPSA) is 20.2 Å². The van der Waals surface area contributed by atoms with E-state index in [9.17, 15) is 9.50 Å². The third kappa shape index (κ3) is 4.49. The zero-order valence-electron chi connectivity index (χ0n) is 11.1. The van der Waals surface area contributed by atoms with Crippen LogP contribution in [0.5, 0.6) is 0 Å². The van der Waals surface area contributed by atoms with Crippen LogP contribution in [0.2, 0.25) is 0 Å². The van der Waals surface area contributed by atoms with Crippen molar-refractivity contribution in [2.75, 3.05) is 0 Å². The monoisotopic (exact) mass is 258 g/mol. The Morgan fingerprint density at radius 2 is 1.79 bits per heavy atom.